The van der Waals surface area contributed by atoms with Gasteiger partial charge in [-0.05, 0) is 37.9 Å². The minimum atomic E-state index is -0.518. The fraction of sp³-hybridized carbons (Fsp3) is 0.467. The number of nitrogens with zero attached hydrogens (tertiary/aromatic N) is 1. The third-order valence-electron chi connectivity index (χ3n) is 4.22. The average Bonchev–Trinajstić information content (AvgIpc) is 2.90. The van der Waals surface area contributed by atoms with Crippen LogP contribution < -0.4 is 15.5 Å². The minimum Gasteiger partial charge on any atom is -0.346 e. The molecule has 2 aliphatic rings. The molecule has 2 N–H and O–H groups in total. The Morgan fingerprint density at radius 3 is 2.75 bits per heavy atom. The Morgan fingerprint density at radius 1 is 1.20 bits per heavy atom. The van der Waals surface area contributed by atoms with Crippen molar-refractivity contribution in [3.05, 3.63) is 29.8 Å². The first-order valence-electron chi connectivity index (χ1n) is 7.06. The van der Waals surface area contributed by atoms with Gasteiger partial charge in [0.2, 0.25) is 0 Å². The monoisotopic (exact) mass is 273 g/mol. The van der Waals surface area contributed by atoms with E-state index in [4.69, 9.17) is 0 Å². The number of piperazine rings is 1. The number of anilines is 1. The van der Waals surface area contributed by atoms with Gasteiger partial charge in [-0.2, -0.15) is 0 Å². The highest BCUT2D eigenvalue weighted by Crippen LogP contribution is 2.36. The summed E-state index contributed by atoms with van der Waals surface area (Å²) in [7, 11) is 0. The summed E-state index contributed by atoms with van der Waals surface area (Å²) in [5.74, 6) is -0.985. The predicted molar refractivity (Wildman–Crippen MR) is 76.4 cm³/mol. The zero-order valence-electron chi connectivity index (χ0n) is 11.6. The van der Waals surface area contributed by atoms with Crippen LogP contribution in [0.5, 0.6) is 0 Å². The van der Waals surface area contributed by atoms with Crippen molar-refractivity contribution in [3.8, 4) is 0 Å². The number of amides is 2. The zero-order valence-corrected chi connectivity index (χ0v) is 11.6. The molecule has 2 amide bonds. The Balaban J connectivity index is 2.01. The second kappa shape index (κ2) is 4.90. The van der Waals surface area contributed by atoms with Gasteiger partial charge in [0.1, 0.15) is 0 Å². The molecule has 0 saturated carbocycles. The number of nitrogens with one attached hydrogen (secondary N) is 2. The zero-order chi connectivity index (χ0) is 14.2. The molecule has 2 aliphatic heterocycles. The molecule has 5 nitrogen and oxygen atoms in total. The van der Waals surface area contributed by atoms with Gasteiger partial charge in [0.25, 0.3) is 0 Å². The molecule has 2 saturated heterocycles. The number of carbonyl (C=O) groups excluding carboxylic acids is 2. The highest BCUT2D eigenvalue weighted by molar-refractivity contribution is 6.41. The van der Waals surface area contributed by atoms with Crippen LogP contribution in [0.15, 0.2) is 24.3 Å². The van der Waals surface area contributed by atoms with Gasteiger partial charge in [0, 0.05) is 24.3 Å². The first-order chi connectivity index (χ1) is 9.62. The lowest BCUT2D eigenvalue weighted by atomic mass is 9.88. The van der Waals surface area contributed by atoms with Gasteiger partial charge in [0.15, 0.2) is 0 Å². The molecule has 0 spiro atoms. The normalized spacial score (nSPS) is 26.8. The van der Waals surface area contributed by atoms with Crippen LogP contribution in [0.4, 0.5) is 5.69 Å². The van der Waals surface area contributed by atoms with Crippen molar-refractivity contribution >= 4 is 17.5 Å². The van der Waals surface area contributed by atoms with Crippen LogP contribution in [0.2, 0.25) is 0 Å². The van der Waals surface area contributed by atoms with Crippen LogP contribution >= 0.6 is 0 Å². The van der Waals surface area contributed by atoms with Crippen molar-refractivity contribution in [3.63, 3.8) is 0 Å². The van der Waals surface area contributed by atoms with Crippen LogP contribution in [0.25, 0.3) is 0 Å². The van der Waals surface area contributed by atoms with E-state index in [9.17, 15) is 9.59 Å². The molecular formula is C15H19N3O2. The Hall–Kier alpha value is -1.88. The number of rotatable bonds is 2. The van der Waals surface area contributed by atoms with Crippen LogP contribution in [-0.2, 0) is 15.1 Å². The molecule has 1 aromatic rings. The molecule has 3 rings (SSSR count). The van der Waals surface area contributed by atoms with Crippen molar-refractivity contribution in [2.75, 3.05) is 24.5 Å². The molecule has 1 atom stereocenters. The maximum atomic E-state index is 12.1. The van der Waals surface area contributed by atoms with Crippen LogP contribution in [0.3, 0.4) is 0 Å². The van der Waals surface area contributed by atoms with Crippen molar-refractivity contribution in [2.24, 2.45) is 0 Å². The molecule has 0 aliphatic carbocycles. The second-order valence-electron chi connectivity index (χ2n) is 5.59. The van der Waals surface area contributed by atoms with Gasteiger partial charge in [-0.25, -0.2) is 0 Å². The van der Waals surface area contributed by atoms with Gasteiger partial charge in [-0.1, -0.05) is 18.2 Å². The van der Waals surface area contributed by atoms with Crippen LogP contribution in [-0.4, -0.2) is 31.4 Å². The molecular weight excluding hydrogens is 254 g/mol. The van der Waals surface area contributed by atoms with E-state index in [1.54, 1.807) is 4.90 Å². The first-order valence-corrected chi connectivity index (χ1v) is 7.06. The summed E-state index contributed by atoms with van der Waals surface area (Å²) >= 11 is 0. The summed E-state index contributed by atoms with van der Waals surface area (Å²) in [4.78, 5) is 25.3. The number of carbonyl (C=O) groups is 2. The largest absolute Gasteiger partial charge is 0.346 e. The summed E-state index contributed by atoms with van der Waals surface area (Å²) in [6.45, 7) is 4.17. The van der Waals surface area contributed by atoms with E-state index in [-0.39, 0.29) is 5.54 Å². The van der Waals surface area contributed by atoms with Crippen molar-refractivity contribution in [1.29, 1.82) is 0 Å². The minimum absolute atomic E-state index is 0.120. The van der Waals surface area contributed by atoms with Gasteiger partial charge >= 0.3 is 11.8 Å². The smallest absolute Gasteiger partial charge is 0.316 e. The van der Waals surface area contributed by atoms with Gasteiger partial charge in [-0.3, -0.25) is 9.59 Å². The summed E-state index contributed by atoms with van der Waals surface area (Å²) < 4.78 is 0. The number of para-hydroxylation sites is 1. The number of hydrogen-bond acceptors (Lipinski definition) is 3. The Bertz CT molecular complexity index is 550. The molecule has 2 heterocycles. The lowest BCUT2D eigenvalue weighted by Gasteiger charge is -2.33. The van der Waals surface area contributed by atoms with E-state index >= 15 is 0 Å². The number of hydrogen-bond donors (Lipinski definition) is 2. The second-order valence-corrected chi connectivity index (χ2v) is 5.59. The van der Waals surface area contributed by atoms with Crippen LogP contribution in [0.1, 0.15) is 25.3 Å². The first kappa shape index (κ1) is 13.1. The van der Waals surface area contributed by atoms with Crippen molar-refractivity contribution < 1.29 is 9.59 Å². The van der Waals surface area contributed by atoms with Crippen LogP contribution in [0, 0.1) is 0 Å². The SMILES string of the molecule is CC1(c2ccccc2N2CCNC(=O)C2=O)CCCN1. The third kappa shape index (κ3) is 2.08. The molecule has 0 radical (unpaired) electrons. The fourth-order valence-electron chi connectivity index (χ4n) is 3.11. The lowest BCUT2D eigenvalue weighted by Crippen LogP contribution is -2.53. The average molecular weight is 273 g/mol. The van der Waals surface area contributed by atoms with Gasteiger partial charge in [-0.15, -0.1) is 0 Å². The Morgan fingerprint density at radius 2 is 2.00 bits per heavy atom. The van der Waals surface area contributed by atoms with Gasteiger partial charge < -0.3 is 15.5 Å². The Kier molecular flexibility index (Phi) is 3.22. The number of benzene rings is 1. The quantitative estimate of drug-likeness (QED) is 0.782. The van der Waals surface area contributed by atoms with Crippen molar-refractivity contribution in [1.82, 2.24) is 10.6 Å². The molecule has 2 fully saturated rings. The summed E-state index contributed by atoms with van der Waals surface area (Å²) in [6.07, 6.45) is 2.16. The topological polar surface area (TPSA) is 61.4 Å². The van der Waals surface area contributed by atoms with E-state index in [1.807, 2.05) is 24.3 Å². The summed E-state index contributed by atoms with van der Waals surface area (Å²) in [5.41, 5.74) is 1.83. The standard InChI is InChI=1S/C15H19N3O2/c1-15(7-4-8-17-15)11-5-2-3-6-12(11)18-10-9-16-13(19)14(18)20/h2-3,5-6,17H,4,7-10H2,1H3,(H,16,19). The molecule has 1 aromatic carbocycles. The Labute approximate surface area is 118 Å². The third-order valence-corrected chi connectivity index (χ3v) is 4.22. The maximum Gasteiger partial charge on any atom is 0.316 e. The molecule has 1 unspecified atom stereocenters. The van der Waals surface area contributed by atoms with E-state index < -0.39 is 11.8 Å². The predicted octanol–water partition coefficient (Wildman–Crippen LogP) is 0.748. The summed E-state index contributed by atoms with van der Waals surface area (Å²) in [5, 5.41) is 6.10. The maximum absolute atomic E-state index is 12.1. The fourth-order valence-corrected chi connectivity index (χ4v) is 3.11. The van der Waals surface area contributed by atoms with Gasteiger partial charge in [0.05, 0.1) is 0 Å². The lowest BCUT2D eigenvalue weighted by molar-refractivity contribution is -0.138. The van der Waals surface area contributed by atoms with E-state index in [0.29, 0.717) is 13.1 Å². The molecule has 5 heteroatoms. The molecule has 0 aromatic heterocycles. The summed E-state index contributed by atoms with van der Waals surface area (Å²) in [6, 6.07) is 7.88. The van der Waals surface area contributed by atoms with E-state index in [2.05, 4.69) is 17.6 Å². The van der Waals surface area contributed by atoms with E-state index in [0.717, 1.165) is 30.6 Å². The highest BCUT2D eigenvalue weighted by atomic mass is 16.2. The van der Waals surface area contributed by atoms with E-state index in [1.165, 1.54) is 0 Å². The highest BCUT2D eigenvalue weighted by Gasteiger charge is 2.36. The van der Waals surface area contributed by atoms with Crippen molar-refractivity contribution in [2.45, 2.75) is 25.3 Å². The molecule has 0 bridgehead atoms. The molecule has 20 heavy (non-hydrogen) atoms. The molecule has 106 valence electrons.